The van der Waals surface area contributed by atoms with E-state index in [2.05, 4.69) is 5.32 Å². The molecule has 2 N–H and O–H groups in total. The van der Waals surface area contributed by atoms with E-state index < -0.39 is 12.6 Å². The molecule has 0 rings (SSSR count). The molecule has 98 valence electrons. The highest BCUT2D eigenvalue weighted by Crippen LogP contribution is 2.19. The maximum atomic E-state index is 12.0. The van der Waals surface area contributed by atoms with Crippen molar-refractivity contribution < 1.29 is 18.3 Å². The lowest BCUT2D eigenvalue weighted by Gasteiger charge is -2.25. The summed E-state index contributed by atoms with van der Waals surface area (Å²) in [5.41, 5.74) is 0. The van der Waals surface area contributed by atoms with Crippen molar-refractivity contribution in [2.24, 2.45) is 0 Å². The molecule has 3 nitrogen and oxygen atoms in total. The summed E-state index contributed by atoms with van der Waals surface area (Å²) in [6.07, 6.45) is -4.93. The Morgan fingerprint density at radius 2 is 1.88 bits per heavy atom. The number of nitrogens with one attached hydrogen (secondary N) is 1. The number of nitrogens with zero attached hydrogens (tertiary/aromatic N) is 1. The number of likely N-dealkylation sites (N-methyl/N-ethyl adjacent to an activating group) is 1. The Balaban J connectivity index is 3.87. The van der Waals surface area contributed by atoms with Crippen molar-refractivity contribution in [2.45, 2.75) is 38.5 Å². The maximum absolute atomic E-state index is 12.0. The summed E-state index contributed by atoms with van der Waals surface area (Å²) < 4.78 is 35.9. The molecule has 0 aromatic heterocycles. The predicted octanol–water partition coefficient (Wildman–Crippen LogP) is 1.23. The van der Waals surface area contributed by atoms with Crippen LogP contribution in [0.5, 0.6) is 0 Å². The largest absolute Gasteiger partial charge is 0.395 e. The summed E-state index contributed by atoms with van der Waals surface area (Å²) in [6.45, 7) is 4.15. The van der Waals surface area contributed by atoms with E-state index in [1.165, 1.54) is 0 Å². The van der Waals surface area contributed by atoms with Gasteiger partial charge in [-0.2, -0.15) is 13.2 Å². The molecular weight excluding hydrogens is 221 g/mol. The van der Waals surface area contributed by atoms with Crippen LogP contribution < -0.4 is 5.32 Å². The smallest absolute Gasteiger partial charge is 0.390 e. The van der Waals surface area contributed by atoms with Crippen molar-refractivity contribution in [1.29, 1.82) is 0 Å². The van der Waals surface area contributed by atoms with Crippen molar-refractivity contribution in [1.82, 2.24) is 10.2 Å². The van der Waals surface area contributed by atoms with Crippen LogP contribution in [0.4, 0.5) is 13.2 Å². The Kier molecular flexibility index (Phi) is 6.94. The summed E-state index contributed by atoms with van der Waals surface area (Å²) in [5.74, 6) is 0. The highest BCUT2D eigenvalue weighted by Gasteiger charge is 2.27. The first kappa shape index (κ1) is 15.7. The number of halogens is 3. The van der Waals surface area contributed by atoms with Crippen LogP contribution in [0, 0.1) is 0 Å². The standard InChI is InChI=1S/C10H21F3N2O/c1-8(2)14-9(7-16)6-15(3)5-4-10(11,12)13/h8-9,14,16H,4-7H2,1-3H3. The van der Waals surface area contributed by atoms with Crippen LogP contribution in [0.15, 0.2) is 0 Å². The van der Waals surface area contributed by atoms with Crippen molar-refractivity contribution in [3.63, 3.8) is 0 Å². The van der Waals surface area contributed by atoms with Gasteiger partial charge in [0.15, 0.2) is 0 Å². The Labute approximate surface area is 94.6 Å². The minimum absolute atomic E-state index is 0.0419. The number of alkyl halides is 3. The van der Waals surface area contributed by atoms with Crippen LogP contribution in [0.3, 0.4) is 0 Å². The molecule has 1 unspecified atom stereocenters. The average Bonchev–Trinajstić information content (AvgIpc) is 2.12. The van der Waals surface area contributed by atoms with E-state index in [-0.39, 0.29) is 25.2 Å². The molecule has 0 aliphatic carbocycles. The van der Waals surface area contributed by atoms with E-state index >= 15 is 0 Å². The molecular formula is C10H21F3N2O. The van der Waals surface area contributed by atoms with Gasteiger partial charge in [-0.25, -0.2) is 0 Å². The molecule has 0 aliphatic heterocycles. The zero-order chi connectivity index (χ0) is 12.8. The lowest BCUT2D eigenvalue weighted by molar-refractivity contribution is -0.137. The van der Waals surface area contributed by atoms with Gasteiger partial charge >= 0.3 is 6.18 Å². The molecule has 0 spiro atoms. The van der Waals surface area contributed by atoms with E-state index in [1.54, 1.807) is 11.9 Å². The number of aliphatic hydroxyl groups is 1. The topological polar surface area (TPSA) is 35.5 Å². The van der Waals surface area contributed by atoms with Crippen LogP contribution in [0.1, 0.15) is 20.3 Å². The fraction of sp³-hybridized carbons (Fsp3) is 1.00. The fourth-order valence-electron chi connectivity index (χ4n) is 1.42. The molecule has 16 heavy (non-hydrogen) atoms. The number of rotatable bonds is 7. The molecule has 0 amide bonds. The molecule has 0 saturated carbocycles. The molecule has 1 atom stereocenters. The van der Waals surface area contributed by atoms with Crippen molar-refractivity contribution in [3.8, 4) is 0 Å². The third-order valence-electron chi connectivity index (χ3n) is 2.10. The molecule has 0 fully saturated rings. The third-order valence-corrected chi connectivity index (χ3v) is 2.10. The highest BCUT2D eigenvalue weighted by molar-refractivity contribution is 4.72. The quantitative estimate of drug-likeness (QED) is 0.705. The minimum atomic E-state index is -4.12. The van der Waals surface area contributed by atoms with Gasteiger partial charge in [-0.3, -0.25) is 0 Å². The average molecular weight is 242 g/mol. The van der Waals surface area contributed by atoms with E-state index in [9.17, 15) is 13.2 Å². The normalized spacial score (nSPS) is 14.8. The third kappa shape index (κ3) is 8.94. The lowest BCUT2D eigenvalue weighted by Crippen LogP contribution is -2.45. The second kappa shape index (κ2) is 7.09. The van der Waals surface area contributed by atoms with Crippen LogP contribution in [-0.2, 0) is 0 Å². The summed E-state index contributed by atoms with van der Waals surface area (Å²) in [6, 6.07) is 0.0198. The fourth-order valence-corrected chi connectivity index (χ4v) is 1.42. The number of hydrogen-bond donors (Lipinski definition) is 2. The van der Waals surface area contributed by atoms with Gasteiger partial charge in [0, 0.05) is 25.2 Å². The monoisotopic (exact) mass is 242 g/mol. The van der Waals surface area contributed by atoms with Crippen molar-refractivity contribution in [3.05, 3.63) is 0 Å². The zero-order valence-corrected chi connectivity index (χ0v) is 10.0. The SMILES string of the molecule is CC(C)NC(CO)CN(C)CCC(F)(F)F. The van der Waals surface area contributed by atoms with Gasteiger partial charge in [-0.1, -0.05) is 13.8 Å². The van der Waals surface area contributed by atoms with Gasteiger partial charge in [0.1, 0.15) is 0 Å². The minimum Gasteiger partial charge on any atom is -0.395 e. The molecule has 0 heterocycles. The van der Waals surface area contributed by atoms with Crippen LogP contribution >= 0.6 is 0 Å². The summed E-state index contributed by atoms with van der Waals surface area (Å²) >= 11 is 0. The molecule has 6 heteroatoms. The van der Waals surface area contributed by atoms with Gasteiger partial charge in [0.05, 0.1) is 13.0 Å². The van der Waals surface area contributed by atoms with Crippen molar-refractivity contribution in [2.75, 3.05) is 26.7 Å². The summed E-state index contributed by atoms with van der Waals surface area (Å²) in [4.78, 5) is 1.57. The van der Waals surface area contributed by atoms with E-state index in [1.807, 2.05) is 13.8 Å². The van der Waals surface area contributed by atoms with Gasteiger partial charge in [0.25, 0.3) is 0 Å². The Hall–Kier alpha value is -0.330. The van der Waals surface area contributed by atoms with Gasteiger partial charge in [-0.15, -0.1) is 0 Å². The predicted molar refractivity (Wildman–Crippen MR) is 57.3 cm³/mol. The summed E-state index contributed by atoms with van der Waals surface area (Å²) in [7, 11) is 1.62. The lowest BCUT2D eigenvalue weighted by atomic mass is 10.2. The Bertz CT molecular complexity index is 185. The second-order valence-corrected chi connectivity index (χ2v) is 4.33. The van der Waals surface area contributed by atoms with E-state index in [4.69, 9.17) is 5.11 Å². The van der Waals surface area contributed by atoms with Gasteiger partial charge < -0.3 is 15.3 Å². The number of hydrogen-bond acceptors (Lipinski definition) is 3. The first-order valence-electron chi connectivity index (χ1n) is 5.36. The highest BCUT2D eigenvalue weighted by atomic mass is 19.4. The Morgan fingerprint density at radius 1 is 1.31 bits per heavy atom. The van der Waals surface area contributed by atoms with Gasteiger partial charge in [-0.05, 0) is 7.05 Å². The van der Waals surface area contributed by atoms with Gasteiger partial charge in [0.2, 0.25) is 0 Å². The molecule has 0 saturated heterocycles. The maximum Gasteiger partial charge on any atom is 0.390 e. The van der Waals surface area contributed by atoms with Crippen LogP contribution in [0.2, 0.25) is 0 Å². The molecule has 0 aromatic carbocycles. The molecule has 0 radical (unpaired) electrons. The number of aliphatic hydroxyl groups excluding tert-OH is 1. The van der Waals surface area contributed by atoms with E-state index in [0.29, 0.717) is 6.54 Å². The van der Waals surface area contributed by atoms with Crippen LogP contribution in [-0.4, -0.2) is 55.0 Å². The molecule has 0 aliphatic rings. The first-order valence-corrected chi connectivity index (χ1v) is 5.36. The second-order valence-electron chi connectivity index (χ2n) is 4.33. The van der Waals surface area contributed by atoms with Crippen LogP contribution in [0.25, 0.3) is 0 Å². The molecule has 0 aromatic rings. The van der Waals surface area contributed by atoms with E-state index in [0.717, 1.165) is 0 Å². The Morgan fingerprint density at radius 3 is 2.25 bits per heavy atom. The summed E-state index contributed by atoms with van der Waals surface area (Å²) in [5, 5.41) is 12.1. The molecule has 0 bridgehead atoms. The van der Waals surface area contributed by atoms with Crippen molar-refractivity contribution >= 4 is 0 Å². The zero-order valence-electron chi connectivity index (χ0n) is 10.0. The first-order chi connectivity index (χ1) is 7.24.